The Kier molecular flexibility index (Phi) is 17.7. The summed E-state index contributed by atoms with van der Waals surface area (Å²) in [5.74, 6) is 0. The molecule has 1 heterocycles. The average molecular weight is 429 g/mol. The minimum absolute atomic E-state index is 0.221. The van der Waals surface area contributed by atoms with E-state index in [0.29, 0.717) is 6.61 Å². The van der Waals surface area contributed by atoms with Gasteiger partial charge in [-0.25, -0.2) is 0 Å². The summed E-state index contributed by atoms with van der Waals surface area (Å²) in [7, 11) is 0. The molecule has 5 heteroatoms. The van der Waals surface area contributed by atoms with Gasteiger partial charge in [0.1, 0.15) is 24.4 Å². The van der Waals surface area contributed by atoms with Crippen molar-refractivity contribution in [3.63, 3.8) is 0 Å². The molecular formula is C25H48O5. The third kappa shape index (κ3) is 13.1. The quantitative estimate of drug-likeness (QED) is 0.201. The van der Waals surface area contributed by atoms with Crippen molar-refractivity contribution in [3.8, 4) is 0 Å². The van der Waals surface area contributed by atoms with Crippen molar-refractivity contribution in [3.05, 3.63) is 12.2 Å². The van der Waals surface area contributed by atoms with Crippen LogP contribution in [-0.4, -0.2) is 59.6 Å². The Bertz CT molecular complexity index is 401. The molecule has 1 fully saturated rings. The van der Waals surface area contributed by atoms with Gasteiger partial charge in [-0.1, -0.05) is 89.7 Å². The van der Waals surface area contributed by atoms with Gasteiger partial charge in [0.25, 0.3) is 0 Å². The number of hydrogen-bond acceptors (Lipinski definition) is 5. The molecule has 0 spiro atoms. The van der Waals surface area contributed by atoms with Crippen molar-refractivity contribution in [2.45, 2.75) is 128 Å². The van der Waals surface area contributed by atoms with Gasteiger partial charge in [0, 0.05) is 6.61 Å². The molecule has 5 nitrogen and oxygen atoms in total. The highest BCUT2D eigenvalue weighted by Gasteiger charge is 2.38. The van der Waals surface area contributed by atoms with Gasteiger partial charge in [-0.3, -0.25) is 0 Å². The minimum atomic E-state index is -1.08. The van der Waals surface area contributed by atoms with Gasteiger partial charge in [-0.15, -0.1) is 0 Å². The van der Waals surface area contributed by atoms with Crippen LogP contribution in [0.1, 0.15) is 103 Å². The van der Waals surface area contributed by atoms with Gasteiger partial charge in [-0.2, -0.15) is 0 Å². The van der Waals surface area contributed by atoms with E-state index in [0.717, 1.165) is 12.8 Å². The lowest BCUT2D eigenvalue weighted by atomic mass is 10.0. The maximum atomic E-state index is 10.0. The molecule has 0 aromatic heterocycles. The highest BCUT2D eigenvalue weighted by Crippen LogP contribution is 2.18. The van der Waals surface area contributed by atoms with Crippen LogP contribution in [0.3, 0.4) is 0 Å². The van der Waals surface area contributed by atoms with E-state index in [2.05, 4.69) is 19.1 Å². The third-order valence-electron chi connectivity index (χ3n) is 6.00. The van der Waals surface area contributed by atoms with Crippen LogP contribution in [-0.2, 0) is 9.47 Å². The summed E-state index contributed by atoms with van der Waals surface area (Å²) < 4.78 is 11.0. The van der Waals surface area contributed by atoms with Crippen LogP contribution in [0.15, 0.2) is 12.2 Å². The zero-order valence-electron chi connectivity index (χ0n) is 19.4. The molecule has 1 aliphatic heterocycles. The maximum absolute atomic E-state index is 10.0. The van der Waals surface area contributed by atoms with Gasteiger partial charge in [0.05, 0.1) is 13.2 Å². The van der Waals surface area contributed by atoms with Crippen LogP contribution in [0.5, 0.6) is 0 Å². The summed E-state index contributed by atoms with van der Waals surface area (Å²) in [4.78, 5) is 0. The Hall–Kier alpha value is -0.460. The molecule has 1 aliphatic rings. The van der Waals surface area contributed by atoms with E-state index in [-0.39, 0.29) is 13.2 Å². The monoisotopic (exact) mass is 428 g/mol. The average Bonchev–Trinajstić information content (AvgIpc) is 2.75. The topological polar surface area (TPSA) is 79.2 Å². The van der Waals surface area contributed by atoms with E-state index in [9.17, 15) is 10.2 Å². The molecule has 0 saturated carbocycles. The molecule has 178 valence electrons. The molecule has 0 bridgehead atoms. The Labute approximate surface area is 184 Å². The van der Waals surface area contributed by atoms with E-state index < -0.39 is 24.4 Å². The summed E-state index contributed by atoms with van der Waals surface area (Å²) >= 11 is 0. The molecule has 0 radical (unpaired) electrons. The van der Waals surface area contributed by atoms with Crippen molar-refractivity contribution >= 4 is 0 Å². The lowest BCUT2D eigenvalue weighted by molar-refractivity contribution is -0.208. The lowest BCUT2D eigenvalue weighted by Crippen LogP contribution is -2.55. The number of hydrogen-bond donors (Lipinski definition) is 3. The van der Waals surface area contributed by atoms with E-state index in [1.807, 2.05) is 0 Å². The predicted molar refractivity (Wildman–Crippen MR) is 123 cm³/mol. The van der Waals surface area contributed by atoms with Gasteiger partial charge < -0.3 is 24.8 Å². The fraction of sp³-hybridized carbons (Fsp3) is 0.920. The molecule has 4 atom stereocenters. The van der Waals surface area contributed by atoms with Crippen LogP contribution in [0.2, 0.25) is 0 Å². The van der Waals surface area contributed by atoms with E-state index in [4.69, 9.17) is 14.6 Å². The first-order chi connectivity index (χ1) is 14.7. The van der Waals surface area contributed by atoms with Gasteiger partial charge in [-0.05, 0) is 25.7 Å². The van der Waals surface area contributed by atoms with Crippen LogP contribution in [0, 0.1) is 0 Å². The van der Waals surface area contributed by atoms with E-state index in [1.54, 1.807) is 0 Å². The standard InChI is InChI=1S/C25H48O5/c1-2-3-4-5-6-7-8-9-10-11-12-13-14-15-16-17-18-19-29-23-21-30-22(20-26)24(27)25(23)28/h5-6,22-28H,2-4,7-21H2,1H3/b6-5+/t22-,23+,24-,25-/m0/s1. The highest BCUT2D eigenvalue weighted by atomic mass is 16.6. The summed E-state index contributed by atoms with van der Waals surface area (Å²) in [6.45, 7) is 2.75. The number of allylic oxidation sites excluding steroid dienone is 2. The molecular weight excluding hydrogens is 380 g/mol. The molecule has 0 amide bonds. The van der Waals surface area contributed by atoms with Crippen molar-refractivity contribution < 1.29 is 24.8 Å². The number of aliphatic hydroxyl groups excluding tert-OH is 3. The fourth-order valence-electron chi connectivity index (χ4n) is 3.91. The Morgan fingerprint density at radius 1 is 0.767 bits per heavy atom. The predicted octanol–water partition coefficient (Wildman–Crippen LogP) is 4.91. The normalized spacial score (nSPS) is 24.7. The van der Waals surface area contributed by atoms with Crippen LogP contribution in [0.4, 0.5) is 0 Å². The second-order valence-corrected chi connectivity index (χ2v) is 8.74. The molecule has 1 rings (SSSR count). The molecule has 0 aromatic rings. The smallest absolute Gasteiger partial charge is 0.111 e. The minimum Gasteiger partial charge on any atom is -0.394 e. The summed E-state index contributed by atoms with van der Waals surface area (Å²) in [6, 6.07) is 0. The molecule has 1 saturated heterocycles. The van der Waals surface area contributed by atoms with E-state index >= 15 is 0 Å². The largest absolute Gasteiger partial charge is 0.394 e. The van der Waals surface area contributed by atoms with Crippen LogP contribution in [0.25, 0.3) is 0 Å². The number of unbranched alkanes of at least 4 members (excludes halogenated alkanes) is 13. The first-order valence-corrected chi connectivity index (χ1v) is 12.6. The van der Waals surface area contributed by atoms with Crippen molar-refractivity contribution in [1.82, 2.24) is 0 Å². The zero-order chi connectivity index (χ0) is 21.9. The van der Waals surface area contributed by atoms with Gasteiger partial charge in [0.15, 0.2) is 0 Å². The SMILES string of the molecule is CCCC/C=C/CCCCCCCCCCCCCO[C@@H]1CO[C@@H](CO)[C@H](O)[C@H]1O. The molecule has 0 aliphatic carbocycles. The van der Waals surface area contributed by atoms with Gasteiger partial charge in [0.2, 0.25) is 0 Å². The number of rotatable bonds is 19. The molecule has 0 aromatic carbocycles. The van der Waals surface area contributed by atoms with Crippen LogP contribution >= 0.6 is 0 Å². The second kappa shape index (κ2) is 19.2. The second-order valence-electron chi connectivity index (χ2n) is 8.74. The Morgan fingerprint density at radius 2 is 1.30 bits per heavy atom. The Morgan fingerprint density at radius 3 is 1.87 bits per heavy atom. The first kappa shape index (κ1) is 27.6. The van der Waals surface area contributed by atoms with Crippen LogP contribution < -0.4 is 0 Å². The lowest BCUT2D eigenvalue weighted by Gasteiger charge is -2.36. The van der Waals surface area contributed by atoms with Crippen molar-refractivity contribution in [2.24, 2.45) is 0 Å². The first-order valence-electron chi connectivity index (χ1n) is 12.6. The summed E-state index contributed by atoms with van der Waals surface area (Å²) in [6.07, 6.45) is 20.7. The number of aliphatic hydroxyl groups is 3. The Balaban J connectivity index is 1.80. The summed E-state index contributed by atoms with van der Waals surface area (Å²) in [5.41, 5.74) is 0. The van der Waals surface area contributed by atoms with Gasteiger partial charge >= 0.3 is 0 Å². The fourth-order valence-corrected chi connectivity index (χ4v) is 3.91. The maximum Gasteiger partial charge on any atom is 0.111 e. The van der Waals surface area contributed by atoms with Crippen molar-refractivity contribution in [1.29, 1.82) is 0 Å². The van der Waals surface area contributed by atoms with E-state index in [1.165, 1.54) is 83.5 Å². The molecule has 30 heavy (non-hydrogen) atoms. The molecule has 3 N–H and O–H groups in total. The summed E-state index contributed by atoms with van der Waals surface area (Å²) in [5, 5.41) is 28.9. The zero-order valence-corrected chi connectivity index (χ0v) is 19.4. The third-order valence-corrected chi connectivity index (χ3v) is 6.00. The molecule has 0 unspecified atom stereocenters. The van der Waals surface area contributed by atoms with Crippen molar-refractivity contribution in [2.75, 3.05) is 19.8 Å². The highest BCUT2D eigenvalue weighted by molar-refractivity contribution is 4.87. The number of ether oxygens (including phenoxy) is 2.